The van der Waals surface area contributed by atoms with E-state index in [9.17, 15) is 4.39 Å². The highest BCUT2D eigenvalue weighted by Crippen LogP contribution is 2.18. The molecule has 0 heterocycles. The predicted molar refractivity (Wildman–Crippen MR) is 77.8 cm³/mol. The van der Waals surface area contributed by atoms with E-state index >= 15 is 0 Å². The number of hydrogen-bond acceptors (Lipinski definition) is 2. The summed E-state index contributed by atoms with van der Waals surface area (Å²) < 4.78 is 19.1. The molecule has 19 heavy (non-hydrogen) atoms. The van der Waals surface area contributed by atoms with Crippen molar-refractivity contribution >= 4 is 0 Å². The van der Waals surface area contributed by atoms with Crippen LogP contribution in [0.3, 0.4) is 0 Å². The smallest absolute Gasteiger partial charge is 0.123 e. The molecule has 108 valence electrons. The van der Waals surface area contributed by atoms with E-state index in [4.69, 9.17) is 4.74 Å². The van der Waals surface area contributed by atoms with Crippen LogP contribution in [-0.4, -0.2) is 20.2 Å². The number of unbranched alkanes of at least 4 members (excludes halogenated alkanes) is 4. The Morgan fingerprint density at radius 1 is 1.21 bits per heavy atom. The molecule has 1 N–H and O–H groups in total. The molecule has 0 aliphatic heterocycles. The summed E-state index contributed by atoms with van der Waals surface area (Å²) in [4.78, 5) is 0. The van der Waals surface area contributed by atoms with Crippen LogP contribution >= 0.6 is 0 Å². The molecule has 0 aliphatic carbocycles. The molecule has 3 heteroatoms. The monoisotopic (exact) mass is 267 g/mol. The van der Waals surface area contributed by atoms with Crippen molar-refractivity contribution < 1.29 is 9.13 Å². The summed E-state index contributed by atoms with van der Waals surface area (Å²) in [5.41, 5.74) is 0.905. The van der Waals surface area contributed by atoms with Gasteiger partial charge in [0.15, 0.2) is 0 Å². The van der Waals surface area contributed by atoms with Crippen LogP contribution in [0.1, 0.15) is 50.7 Å². The van der Waals surface area contributed by atoms with Crippen molar-refractivity contribution in [3.05, 3.63) is 35.6 Å². The molecular formula is C16H26FNO. The number of halogens is 1. The first-order chi connectivity index (χ1) is 9.27. The third-order valence-electron chi connectivity index (χ3n) is 3.18. The molecule has 0 saturated carbocycles. The van der Waals surface area contributed by atoms with Gasteiger partial charge in [-0.05, 0) is 31.2 Å². The van der Waals surface area contributed by atoms with Crippen molar-refractivity contribution in [2.75, 3.05) is 20.2 Å². The Kier molecular flexibility index (Phi) is 8.43. The molecule has 1 rings (SSSR count). The average molecular weight is 267 g/mol. The second-order valence-corrected chi connectivity index (χ2v) is 4.89. The first-order valence-electron chi connectivity index (χ1n) is 7.29. The van der Waals surface area contributed by atoms with Gasteiger partial charge in [-0.1, -0.05) is 44.7 Å². The third-order valence-corrected chi connectivity index (χ3v) is 3.18. The summed E-state index contributed by atoms with van der Waals surface area (Å²) in [6.07, 6.45) is 6.05. The minimum atomic E-state index is -0.204. The summed E-state index contributed by atoms with van der Waals surface area (Å²) >= 11 is 0. The molecule has 0 saturated heterocycles. The molecule has 1 aromatic rings. The highest BCUT2D eigenvalue weighted by atomic mass is 19.1. The highest BCUT2D eigenvalue weighted by Gasteiger charge is 2.11. The first kappa shape index (κ1) is 16.1. The number of likely N-dealkylation sites (N-methyl/N-ethyl adjacent to an activating group) is 1. The topological polar surface area (TPSA) is 21.3 Å². The van der Waals surface area contributed by atoms with Crippen LogP contribution in [0.25, 0.3) is 0 Å². The van der Waals surface area contributed by atoms with E-state index in [1.54, 1.807) is 12.1 Å². The summed E-state index contributed by atoms with van der Waals surface area (Å²) in [6.45, 7) is 3.66. The second-order valence-electron chi connectivity index (χ2n) is 4.89. The minimum absolute atomic E-state index is 0.0631. The maximum Gasteiger partial charge on any atom is 0.123 e. The van der Waals surface area contributed by atoms with Crippen molar-refractivity contribution in [1.82, 2.24) is 5.32 Å². The van der Waals surface area contributed by atoms with Gasteiger partial charge in [0.25, 0.3) is 0 Å². The number of benzene rings is 1. The average Bonchev–Trinajstić information content (AvgIpc) is 2.41. The van der Waals surface area contributed by atoms with E-state index < -0.39 is 0 Å². The van der Waals surface area contributed by atoms with Gasteiger partial charge in [0.1, 0.15) is 5.82 Å². The van der Waals surface area contributed by atoms with Gasteiger partial charge < -0.3 is 10.1 Å². The van der Waals surface area contributed by atoms with Crippen molar-refractivity contribution in [3.63, 3.8) is 0 Å². The SMILES string of the molecule is CCCCCCCOC(CNC)c1cccc(F)c1. The van der Waals surface area contributed by atoms with E-state index in [1.807, 2.05) is 13.1 Å². The van der Waals surface area contributed by atoms with Crippen molar-refractivity contribution in [2.24, 2.45) is 0 Å². The largest absolute Gasteiger partial charge is 0.372 e. The molecule has 0 bridgehead atoms. The Balaban J connectivity index is 2.36. The van der Waals surface area contributed by atoms with Gasteiger partial charge in [0, 0.05) is 13.2 Å². The summed E-state index contributed by atoms with van der Waals surface area (Å²) in [6, 6.07) is 6.67. The van der Waals surface area contributed by atoms with Gasteiger partial charge in [-0.2, -0.15) is 0 Å². The molecule has 1 aromatic carbocycles. The van der Waals surface area contributed by atoms with E-state index in [2.05, 4.69) is 12.2 Å². The van der Waals surface area contributed by atoms with Crippen LogP contribution in [0.5, 0.6) is 0 Å². The maximum absolute atomic E-state index is 13.2. The summed E-state index contributed by atoms with van der Waals surface area (Å²) in [5, 5.41) is 3.10. The molecule has 1 atom stereocenters. The van der Waals surface area contributed by atoms with E-state index in [0.717, 1.165) is 18.6 Å². The van der Waals surface area contributed by atoms with Gasteiger partial charge in [-0.15, -0.1) is 0 Å². The molecular weight excluding hydrogens is 241 g/mol. The van der Waals surface area contributed by atoms with Gasteiger partial charge >= 0.3 is 0 Å². The van der Waals surface area contributed by atoms with Crippen molar-refractivity contribution in [2.45, 2.75) is 45.1 Å². The fourth-order valence-electron chi connectivity index (χ4n) is 2.10. The first-order valence-corrected chi connectivity index (χ1v) is 7.29. The lowest BCUT2D eigenvalue weighted by Crippen LogP contribution is -2.20. The molecule has 2 nitrogen and oxygen atoms in total. The van der Waals surface area contributed by atoms with Crippen LogP contribution in [0.15, 0.2) is 24.3 Å². The molecule has 0 spiro atoms. The molecule has 1 unspecified atom stereocenters. The zero-order valence-corrected chi connectivity index (χ0v) is 12.1. The van der Waals surface area contributed by atoms with Gasteiger partial charge in [-0.3, -0.25) is 0 Å². The van der Waals surface area contributed by atoms with Crippen LogP contribution in [0.4, 0.5) is 4.39 Å². The highest BCUT2D eigenvalue weighted by molar-refractivity contribution is 5.19. The Morgan fingerprint density at radius 3 is 2.68 bits per heavy atom. The Labute approximate surface area is 116 Å². The maximum atomic E-state index is 13.2. The molecule has 0 aliphatic rings. The molecule has 0 aromatic heterocycles. The normalized spacial score (nSPS) is 12.6. The molecule has 0 radical (unpaired) electrons. The third kappa shape index (κ3) is 6.69. The Morgan fingerprint density at radius 2 is 2.00 bits per heavy atom. The lowest BCUT2D eigenvalue weighted by molar-refractivity contribution is 0.0509. The van der Waals surface area contributed by atoms with E-state index in [0.29, 0.717) is 6.54 Å². The fourth-order valence-corrected chi connectivity index (χ4v) is 2.10. The summed E-state index contributed by atoms with van der Waals surface area (Å²) in [7, 11) is 1.89. The van der Waals surface area contributed by atoms with Crippen LogP contribution < -0.4 is 5.32 Å². The standard InChI is InChI=1S/C16H26FNO/c1-3-4-5-6-7-11-19-16(13-18-2)14-9-8-10-15(17)12-14/h8-10,12,16,18H,3-7,11,13H2,1-2H3. The number of hydrogen-bond donors (Lipinski definition) is 1. The van der Waals surface area contributed by atoms with Gasteiger partial charge in [0.2, 0.25) is 0 Å². The van der Waals surface area contributed by atoms with E-state index in [1.165, 1.54) is 31.7 Å². The van der Waals surface area contributed by atoms with Gasteiger partial charge in [-0.25, -0.2) is 4.39 Å². The molecule has 0 amide bonds. The molecule has 0 fully saturated rings. The number of nitrogens with one attached hydrogen (secondary N) is 1. The number of rotatable bonds is 10. The van der Waals surface area contributed by atoms with Crippen molar-refractivity contribution in [1.29, 1.82) is 0 Å². The van der Waals surface area contributed by atoms with Crippen LogP contribution in [-0.2, 0) is 4.74 Å². The second kappa shape index (κ2) is 9.93. The number of ether oxygens (including phenoxy) is 1. The lowest BCUT2D eigenvalue weighted by Gasteiger charge is -2.18. The lowest BCUT2D eigenvalue weighted by atomic mass is 10.1. The van der Waals surface area contributed by atoms with Crippen LogP contribution in [0.2, 0.25) is 0 Å². The van der Waals surface area contributed by atoms with Crippen LogP contribution in [0, 0.1) is 5.82 Å². The zero-order valence-electron chi connectivity index (χ0n) is 12.1. The van der Waals surface area contributed by atoms with Gasteiger partial charge in [0.05, 0.1) is 6.10 Å². The van der Waals surface area contributed by atoms with E-state index in [-0.39, 0.29) is 11.9 Å². The van der Waals surface area contributed by atoms with Crippen molar-refractivity contribution in [3.8, 4) is 0 Å². The fraction of sp³-hybridized carbons (Fsp3) is 0.625. The Bertz CT molecular complexity index is 343. The summed E-state index contributed by atoms with van der Waals surface area (Å²) in [5.74, 6) is -0.204. The quantitative estimate of drug-likeness (QED) is 0.645. The minimum Gasteiger partial charge on any atom is -0.372 e. The predicted octanol–water partition coefficient (Wildman–Crippen LogP) is 4.07. The zero-order chi connectivity index (χ0) is 13.9. The Hall–Kier alpha value is -0.930.